The number of rotatable bonds is 2. The van der Waals surface area contributed by atoms with Crippen molar-refractivity contribution in [2.75, 3.05) is 6.61 Å². The number of aliphatic hydroxyl groups excluding tert-OH is 1. The molecule has 0 unspecified atom stereocenters. The van der Waals surface area contributed by atoms with Gasteiger partial charge in [0.05, 0.1) is 5.56 Å². The van der Waals surface area contributed by atoms with Crippen LogP contribution >= 0.6 is 0 Å². The second kappa shape index (κ2) is 3.77. The van der Waals surface area contributed by atoms with Crippen molar-refractivity contribution in [3.63, 3.8) is 0 Å². The molecular weight excluding hydrogens is 219 g/mol. The lowest BCUT2D eigenvalue weighted by Crippen LogP contribution is -2.19. The molecule has 0 heterocycles. The quantitative estimate of drug-likeness (QED) is 0.769. The maximum absolute atomic E-state index is 12.8. The van der Waals surface area contributed by atoms with Crippen molar-refractivity contribution >= 4 is 0 Å². The molecule has 1 aromatic rings. The molecule has 0 spiro atoms. The Balaban J connectivity index is 3.14. The fourth-order valence-electron chi connectivity index (χ4n) is 1.01. The first-order chi connectivity index (χ1) is 6.77. The molecule has 6 heteroatoms. The van der Waals surface area contributed by atoms with Gasteiger partial charge in [0, 0.05) is 5.56 Å². The maximum atomic E-state index is 12.8. The Morgan fingerprint density at radius 1 is 1.00 bits per heavy atom. The third kappa shape index (κ3) is 2.65. The summed E-state index contributed by atoms with van der Waals surface area (Å²) in [5.74, 6) is -3.65. The summed E-state index contributed by atoms with van der Waals surface area (Å²) < 4.78 is 62.1. The Morgan fingerprint density at radius 3 is 2.00 bits per heavy atom. The van der Waals surface area contributed by atoms with Gasteiger partial charge in [-0.2, -0.15) is 22.0 Å². The van der Waals surface area contributed by atoms with Gasteiger partial charge in [-0.15, -0.1) is 0 Å². The first-order valence-electron chi connectivity index (χ1n) is 3.94. The average molecular weight is 226 g/mol. The third-order valence-electron chi connectivity index (χ3n) is 1.81. The van der Waals surface area contributed by atoms with E-state index in [0.717, 1.165) is 12.1 Å². The topological polar surface area (TPSA) is 20.2 Å². The first-order valence-corrected chi connectivity index (χ1v) is 3.94. The van der Waals surface area contributed by atoms with E-state index in [1.54, 1.807) is 0 Å². The number of aliphatic hydroxyl groups is 1. The molecule has 1 N–H and O–H groups in total. The van der Waals surface area contributed by atoms with Crippen LogP contribution in [0.2, 0.25) is 0 Å². The van der Waals surface area contributed by atoms with Crippen LogP contribution in [0.5, 0.6) is 0 Å². The first kappa shape index (κ1) is 11.9. The summed E-state index contributed by atoms with van der Waals surface area (Å²) in [6.45, 7) is -1.52. The SMILES string of the molecule is OCC(F)(F)c1cccc(C(F)(F)F)c1. The van der Waals surface area contributed by atoms with Crippen molar-refractivity contribution < 1.29 is 27.1 Å². The van der Waals surface area contributed by atoms with E-state index in [1.807, 2.05) is 0 Å². The molecule has 0 saturated heterocycles. The van der Waals surface area contributed by atoms with Crippen LogP contribution < -0.4 is 0 Å². The van der Waals surface area contributed by atoms with Crippen molar-refractivity contribution in [1.82, 2.24) is 0 Å². The van der Waals surface area contributed by atoms with Gasteiger partial charge in [-0.25, -0.2) is 0 Å². The minimum absolute atomic E-state index is 0.330. The van der Waals surface area contributed by atoms with Crippen molar-refractivity contribution in [2.24, 2.45) is 0 Å². The minimum Gasteiger partial charge on any atom is -0.390 e. The Kier molecular flexibility index (Phi) is 2.99. The fraction of sp³-hybridized carbons (Fsp3) is 0.333. The molecule has 0 aliphatic carbocycles. The van der Waals surface area contributed by atoms with E-state index in [1.165, 1.54) is 0 Å². The average Bonchev–Trinajstić information content (AvgIpc) is 2.17. The fourth-order valence-corrected chi connectivity index (χ4v) is 1.01. The second-order valence-electron chi connectivity index (χ2n) is 2.94. The molecule has 1 nitrogen and oxygen atoms in total. The van der Waals surface area contributed by atoms with Crippen LogP contribution in [-0.4, -0.2) is 11.7 Å². The van der Waals surface area contributed by atoms with E-state index < -0.39 is 29.8 Å². The molecular formula is C9H7F5O. The van der Waals surface area contributed by atoms with Crippen LogP contribution in [0.4, 0.5) is 22.0 Å². The summed E-state index contributed by atoms with van der Waals surface area (Å²) in [5.41, 5.74) is -2.01. The highest BCUT2D eigenvalue weighted by Crippen LogP contribution is 2.33. The van der Waals surface area contributed by atoms with Gasteiger partial charge in [-0.1, -0.05) is 12.1 Å². The lowest BCUT2D eigenvalue weighted by atomic mass is 10.1. The van der Waals surface area contributed by atoms with Crippen LogP contribution in [0, 0.1) is 0 Å². The molecule has 1 rings (SSSR count). The molecule has 1 aromatic carbocycles. The van der Waals surface area contributed by atoms with Gasteiger partial charge in [-0.3, -0.25) is 0 Å². The third-order valence-corrected chi connectivity index (χ3v) is 1.81. The Hall–Kier alpha value is -1.17. The highest BCUT2D eigenvalue weighted by atomic mass is 19.4. The molecule has 84 valence electrons. The second-order valence-corrected chi connectivity index (χ2v) is 2.94. The molecule has 0 fully saturated rings. The molecule has 0 aliphatic heterocycles. The van der Waals surface area contributed by atoms with Gasteiger partial charge in [0.25, 0.3) is 5.92 Å². The van der Waals surface area contributed by atoms with Crippen molar-refractivity contribution in [1.29, 1.82) is 0 Å². The van der Waals surface area contributed by atoms with E-state index >= 15 is 0 Å². The van der Waals surface area contributed by atoms with E-state index in [-0.39, 0.29) is 0 Å². The summed E-state index contributed by atoms with van der Waals surface area (Å²) in [4.78, 5) is 0. The molecule has 0 radical (unpaired) electrons. The van der Waals surface area contributed by atoms with E-state index in [2.05, 4.69) is 0 Å². The number of hydrogen-bond acceptors (Lipinski definition) is 1. The summed E-state index contributed by atoms with van der Waals surface area (Å²) in [5, 5.41) is 8.31. The van der Waals surface area contributed by atoms with Gasteiger partial charge in [0.15, 0.2) is 0 Å². The summed E-state index contributed by atoms with van der Waals surface area (Å²) in [7, 11) is 0. The number of halogens is 5. The zero-order valence-corrected chi connectivity index (χ0v) is 7.35. The summed E-state index contributed by atoms with van der Waals surface area (Å²) in [6.07, 6.45) is -4.67. The van der Waals surface area contributed by atoms with Gasteiger partial charge in [0.1, 0.15) is 6.61 Å². The molecule has 15 heavy (non-hydrogen) atoms. The van der Waals surface area contributed by atoms with Gasteiger partial charge in [-0.05, 0) is 12.1 Å². The summed E-state index contributed by atoms with van der Waals surface area (Å²) in [6, 6.07) is 2.74. The van der Waals surface area contributed by atoms with Crippen molar-refractivity contribution in [2.45, 2.75) is 12.1 Å². The van der Waals surface area contributed by atoms with E-state index in [4.69, 9.17) is 5.11 Å². The van der Waals surface area contributed by atoms with Crippen molar-refractivity contribution in [3.05, 3.63) is 35.4 Å². The number of alkyl halides is 5. The minimum atomic E-state index is -4.67. The van der Waals surface area contributed by atoms with Crippen LogP contribution in [0.3, 0.4) is 0 Å². The van der Waals surface area contributed by atoms with Crippen LogP contribution in [0.25, 0.3) is 0 Å². The van der Waals surface area contributed by atoms with Crippen molar-refractivity contribution in [3.8, 4) is 0 Å². The van der Waals surface area contributed by atoms with Crippen LogP contribution in [-0.2, 0) is 12.1 Å². The zero-order valence-electron chi connectivity index (χ0n) is 7.35. The van der Waals surface area contributed by atoms with Crippen LogP contribution in [0.15, 0.2) is 24.3 Å². The standard InChI is InChI=1S/C9H7F5O/c10-8(11,5-15)6-2-1-3-7(4-6)9(12,13)14/h1-4,15H,5H2. The van der Waals surface area contributed by atoms with Crippen LogP contribution in [0.1, 0.15) is 11.1 Å². The number of benzene rings is 1. The molecule has 0 atom stereocenters. The predicted octanol–water partition coefficient (Wildman–Crippen LogP) is 2.79. The smallest absolute Gasteiger partial charge is 0.390 e. The Bertz CT molecular complexity index is 345. The lowest BCUT2D eigenvalue weighted by molar-refractivity contribution is -0.138. The molecule has 0 bridgehead atoms. The van der Waals surface area contributed by atoms with E-state index in [0.29, 0.717) is 12.1 Å². The lowest BCUT2D eigenvalue weighted by Gasteiger charge is -2.15. The summed E-state index contributed by atoms with van der Waals surface area (Å²) >= 11 is 0. The highest BCUT2D eigenvalue weighted by molar-refractivity contribution is 5.28. The van der Waals surface area contributed by atoms with Gasteiger partial charge in [0.2, 0.25) is 0 Å². The largest absolute Gasteiger partial charge is 0.416 e. The Morgan fingerprint density at radius 2 is 1.53 bits per heavy atom. The molecule has 0 saturated carbocycles. The van der Waals surface area contributed by atoms with E-state index in [9.17, 15) is 22.0 Å². The highest BCUT2D eigenvalue weighted by Gasteiger charge is 2.35. The normalized spacial score (nSPS) is 12.9. The zero-order chi connectivity index (χ0) is 11.7. The van der Waals surface area contributed by atoms with Gasteiger partial charge < -0.3 is 5.11 Å². The predicted molar refractivity (Wildman–Crippen MR) is 42.4 cm³/mol. The molecule has 0 amide bonds. The molecule has 0 aromatic heterocycles. The number of hydrogen-bond donors (Lipinski definition) is 1. The Labute approximate surface area is 82.1 Å². The molecule has 0 aliphatic rings. The van der Waals surface area contributed by atoms with Gasteiger partial charge >= 0.3 is 6.18 Å². The maximum Gasteiger partial charge on any atom is 0.416 e. The monoisotopic (exact) mass is 226 g/mol.